The summed E-state index contributed by atoms with van der Waals surface area (Å²) in [7, 11) is 1.94. The van der Waals surface area contributed by atoms with Crippen molar-refractivity contribution in [2.24, 2.45) is 0 Å². The SMILES string of the molecule is CNC(c1cc(Br)ccc1Cl)c1cccc2ncccc12. The van der Waals surface area contributed by atoms with Crippen LogP contribution in [0.25, 0.3) is 10.9 Å². The number of nitrogens with zero attached hydrogens (tertiary/aromatic N) is 1. The van der Waals surface area contributed by atoms with Crippen molar-refractivity contribution < 1.29 is 0 Å². The first-order valence-corrected chi connectivity index (χ1v) is 7.83. The van der Waals surface area contributed by atoms with E-state index in [0.717, 1.165) is 26.0 Å². The fourth-order valence-electron chi connectivity index (χ4n) is 2.59. The number of hydrogen-bond donors (Lipinski definition) is 1. The van der Waals surface area contributed by atoms with Gasteiger partial charge in [-0.2, -0.15) is 0 Å². The van der Waals surface area contributed by atoms with Gasteiger partial charge in [-0.25, -0.2) is 0 Å². The van der Waals surface area contributed by atoms with E-state index in [9.17, 15) is 0 Å². The van der Waals surface area contributed by atoms with E-state index in [1.54, 1.807) is 0 Å². The van der Waals surface area contributed by atoms with E-state index >= 15 is 0 Å². The van der Waals surface area contributed by atoms with Crippen LogP contribution in [0.3, 0.4) is 0 Å². The van der Waals surface area contributed by atoms with Gasteiger partial charge in [0, 0.05) is 21.1 Å². The molecule has 0 aliphatic heterocycles. The molecule has 0 aliphatic carbocycles. The zero-order valence-electron chi connectivity index (χ0n) is 11.5. The number of pyridine rings is 1. The highest BCUT2D eigenvalue weighted by Crippen LogP contribution is 2.33. The summed E-state index contributed by atoms with van der Waals surface area (Å²) < 4.78 is 1.01. The average Bonchev–Trinajstić information content (AvgIpc) is 2.51. The normalized spacial score (nSPS) is 12.5. The first-order chi connectivity index (χ1) is 10.2. The highest BCUT2D eigenvalue weighted by atomic mass is 79.9. The third kappa shape index (κ3) is 2.82. The van der Waals surface area contributed by atoms with Crippen molar-refractivity contribution >= 4 is 38.4 Å². The Morgan fingerprint density at radius 1 is 1.10 bits per heavy atom. The molecule has 3 aromatic rings. The monoisotopic (exact) mass is 360 g/mol. The molecule has 4 heteroatoms. The maximum absolute atomic E-state index is 6.39. The van der Waals surface area contributed by atoms with Crippen molar-refractivity contribution in [1.82, 2.24) is 10.3 Å². The van der Waals surface area contributed by atoms with Crippen LogP contribution in [0.5, 0.6) is 0 Å². The fourth-order valence-corrected chi connectivity index (χ4v) is 3.20. The summed E-state index contributed by atoms with van der Waals surface area (Å²) in [5.41, 5.74) is 3.20. The molecule has 3 rings (SSSR count). The predicted molar refractivity (Wildman–Crippen MR) is 91.8 cm³/mol. The van der Waals surface area contributed by atoms with Crippen molar-refractivity contribution in [3.63, 3.8) is 0 Å². The zero-order chi connectivity index (χ0) is 14.8. The van der Waals surface area contributed by atoms with Crippen molar-refractivity contribution in [3.8, 4) is 0 Å². The molecule has 1 N–H and O–H groups in total. The zero-order valence-corrected chi connectivity index (χ0v) is 13.8. The smallest absolute Gasteiger partial charge is 0.0705 e. The lowest BCUT2D eigenvalue weighted by atomic mass is 9.95. The van der Waals surface area contributed by atoms with Gasteiger partial charge in [0.2, 0.25) is 0 Å². The van der Waals surface area contributed by atoms with E-state index in [1.165, 1.54) is 5.56 Å². The van der Waals surface area contributed by atoms with Crippen LogP contribution in [0.4, 0.5) is 0 Å². The summed E-state index contributed by atoms with van der Waals surface area (Å²) in [6.07, 6.45) is 1.81. The third-order valence-corrected chi connectivity index (χ3v) is 4.39. The topological polar surface area (TPSA) is 24.9 Å². The van der Waals surface area contributed by atoms with Gasteiger partial charge in [0.15, 0.2) is 0 Å². The molecule has 0 bridgehead atoms. The van der Waals surface area contributed by atoms with Crippen LogP contribution in [0.1, 0.15) is 17.2 Å². The molecule has 1 atom stereocenters. The lowest BCUT2D eigenvalue weighted by molar-refractivity contribution is 0.696. The Morgan fingerprint density at radius 2 is 1.95 bits per heavy atom. The van der Waals surface area contributed by atoms with Gasteiger partial charge in [-0.15, -0.1) is 0 Å². The molecule has 0 aliphatic rings. The highest BCUT2D eigenvalue weighted by molar-refractivity contribution is 9.10. The van der Waals surface area contributed by atoms with Crippen LogP contribution in [-0.2, 0) is 0 Å². The number of halogens is 2. The molecule has 0 spiro atoms. The first kappa shape index (κ1) is 14.5. The highest BCUT2D eigenvalue weighted by Gasteiger charge is 2.18. The largest absolute Gasteiger partial charge is 0.309 e. The fraction of sp³-hybridized carbons (Fsp3) is 0.118. The van der Waals surface area contributed by atoms with Gasteiger partial charge in [-0.3, -0.25) is 4.98 Å². The van der Waals surface area contributed by atoms with Crippen LogP contribution in [-0.4, -0.2) is 12.0 Å². The Bertz CT molecular complexity index is 783. The van der Waals surface area contributed by atoms with Gasteiger partial charge in [0.05, 0.1) is 11.6 Å². The molecular weight excluding hydrogens is 348 g/mol. The number of aromatic nitrogens is 1. The Kier molecular flexibility index (Phi) is 4.24. The Balaban J connectivity index is 2.21. The van der Waals surface area contributed by atoms with Crippen molar-refractivity contribution in [2.75, 3.05) is 7.05 Å². The van der Waals surface area contributed by atoms with Gasteiger partial charge >= 0.3 is 0 Å². The van der Waals surface area contributed by atoms with Gasteiger partial charge in [0.25, 0.3) is 0 Å². The lowest BCUT2D eigenvalue weighted by Gasteiger charge is -2.20. The quantitative estimate of drug-likeness (QED) is 0.713. The van der Waals surface area contributed by atoms with E-state index in [2.05, 4.69) is 44.4 Å². The van der Waals surface area contributed by atoms with E-state index in [0.29, 0.717) is 0 Å². The summed E-state index contributed by atoms with van der Waals surface area (Å²) in [4.78, 5) is 4.42. The van der Waals surface area contributed by atoms with E-state index in [1.807, 2.05) is 43.6 Å². The maximum Gasteiger partial charge on any atom is 0.0705 e. The van der Waals surface area contributed by atoms with Crippen LogP contribution in [0, 0.1) is 0 Å². The lowest BCUT2D eigenvalue weighted by Crippen LogP contribution is -2.18. The molecule has 0 saturated carbocycles. The molecule has 1 aromatic heterocycles. The summed E-state index contributed by atoms with van der Waals surface area (Å²) >= 11 is 9.91. The van der Waals surface area contributed by atoms with Crippen molar-refractivity contribution in [2.45, 2.75) is 6.04 Å². The van der Waals surface area contributed by atoms with Gasteiger partial charge in [0.1, 0.15) is 0 Å². The third-order valence-electron chi connectivity index (χ3n) is 3.55. The van der Waals surface area contributed by atoms with Crippen LogP contribution in [0.2, 0.25) is 5.02 Å². The molecule has 1 heterocycles. The Hall–Kier alpha value is -1.42. The summed E-state index contributed by atoms with van der Waals surface area (Å²) in [6, 6.07) is 16.1. The van der Waals surface area contributed by atoms with E-state index in [4.69, 9.17) is 11.6 Å². The molecule has 0 saturated heterocycles. The number of nitrogens with one attached hydrogen (secondary N) is 1. The second kappa shape index (κ2) is 6.14. The minimum absolute atomic E-state index is 0.0166. The maximum atomic E-state index is 6.39. The minimum Gasteiger partial charge on any atom is -0.309 e. The summed E-state index contributed by atoms with van der Waals surface area (Å²) in [5, 5.41) is 5.24. The molecule has 0 radical (unpaired) electrons. The molecule has 1 unspecified atom stereocenters. The van der Waals surface area contributed by atoms with Gasteiger partial charge in [-0.1, -0.05) is 45.7 Å². The second-order valence-corrected chi connectivity index (χ2v) is 6.13. The summed E-state index contributed by atoms with van der Waals surface area (Å²) in [6.45, 7) is 0. The minimum atomic E-state index is 0.0166. The van der Waals surface area contributed by atoms with Crippen LogP contribution < -0.4 is 5.32 Å². The molecule has 2 nitrogen and oxygen atoms in total. The number of hydrogen-bond acceptors (Lipinski definition) is 2. The average molecular weight is 362 g/mol. The number of fused-ring (bicyclic) bond motifs is 1. The molecule has 0 amide bonds. The summed E-state index contributed by atoms with van der Waals surface area (Å²) in [5.74, 6) is 0. The van der Waals surface area contributed by atoms with E-state index < -0.39 is 0 Å². The van der Waals surface area contributed by atoms with Crippen LogP contribution >= 0.6 is 27.5 Å². The molecular formula is C17H14BrClN2. The van der Waals surface area contributed by atoms with Gasteiger partial charge < -0.3 is 5.32 Å². The molecule has 2 aromatic carbocycles. The standard InChI is InChI=1S/C17H14BrClN2/c1-20-17(14-10-11(18)7-8-15(14)19)13-4-2-6-16-12(13)5-3-9-21-16/h2-10,17,20H,1H3. The molecule has 21 heavy (non-hydrogen) atoms. The number of rotatable bonds is 3. The second-order valence-electron chi connectivity index (χ2n) is 4.80. The molecule has 106 valence electrons. The van der Waals surface area contributed by atoms with Gasteiger partial charge in [-0.05, 0) is 48.5 Å². The Labute approximate surface area is 137 Å². The Morgan fingerprint density at radius 3 is 2.76 bits per heavy atom. The first-order valence-electron chi connectivity index (χ1n) is 6.66. The molecule has 0 fully saturated rings. The number of benzene rings is 2. The van der Waals surface area contributed by atoms with E-state index in [-0.39, 0.29) is 6.04 Å². The van der Waals surface area contributed by atoms with Crippen molar-refractivity contribution in [1.29, 1.82) is 0 Å². The predicted octanol–water partition coefficient (Wildman–Crippen LogP) is 4.96. The van der Waals surface area contributed by atoms with Crippen LogP contribution in [0.15, 0.2) is 59.2 Å². The van der Waals surface area contributed by atoms with Crippen molar-refractivity contribution in [3.05, 3.63) is 75.4 Å².